The van der Waals surface area contributed by atoms with Gasteiger partial charge in [0.2, 0.25) is 6.79 Å². The smallest absolute Gasteiger partial charge is 0.231 e. The number of benzene rings is 1. The van der Waals surface area contributed by atoms with Crippen molar-refractivity contribution in [1.29, 1.82) is 0 Å². The quantitative estimate of drug-likeness (QED) is 0.806. The fourth-order valence-corrected chi connectivity index (χ4v) is 3.13. The Kier molecular flexibility index (Phi) is 4.81. The summed E-state index contributed by atoms with van der Waals surface area (Å²) in [4.78, 5) is 0. The molecule has 4 nitrogen and oxygen atoms in total. The minimum Gasteiger partial charge on any atom is -0.454 e. The molecular weight excluding hydrogens is 322 g/mol. The molecule has 1 aromatic rings. The van der Waals surface area contributed by atoms with Gasteiger partial charge in [0.15, 0.2) is 11.5 Å². The first-order valence-corrected chi connectivity index (χ1v) is 8.02. The third kappa shape index (κ3) is 3.45. The normalized spacial score (nSPS) is 17.9. The Morgan fingerprint density at radius 1 is 1.20 bits per heavy atom. The fraction of sp³-hybridized carbons (Fsp3) is 0.600. The topological polar surface area (TPSA) is 39.7 Å². The Hall–Kier alpha value is -0.780. The van der Waals surface area contributed by atoms with Crippen LogP contribution < -0.4 is 14.8 Å². The van der Waals surface area contributed by atoms with E-state index in [0.29, 0.717) is 12.9 Å². The van der Waals surface area contributed by atoms with Gasteiger partial charge < -0.3 is 19.5 Å². The van der Waals surface area contributed by atoms with E-state index in [0.717, 1.165) is 35.7 Å². The molecule has 110 valence electrons. The molecule has 1 aliphatic carbocycles. The van der Waals surface area contributed by atoms with E-state index in [1.54, 1.807) is 0 Å². The molecule has 0 bridgehead atoms. The lowest BCUT2D eigenvalue weighted by molar-refractivity contribution is 0.0602. The maximum Gasteiger partial charge on any atom is 0.231 e. The molecule has 2 aliphatic rings. The Morgan fingerprint density at radius 2 is 1.95 bits per heavy atom. The third-order valence-corrected chi connectivity index (χ3v) is 4.53. The highest BCUT2D eigenvalue weighted by Gasteiger charge is 2.16. The predicted molar refractivity (Wildman–Crippen MR) is 80.2 cm³/mol. The van der Waals surface area contributed by atoms with Crippen molar-refractivity contribution in [2.75, 3.05) is 19.9 Å². The number of hydrogen-bond acceptors (Lipinski definition) is 4. The van der Waals surface area contributed by atoms with E-state index < -0.39 is 0 Å². The van der Waals surface area contributed by atoms with E-state index in [1.807, 2.05) is 12.1 Å². The molecule has 0 radical (unpaired) electrons. The molecule has 20 heavy (non-hydrogen) atoms. The molecule has 0 unspecified atom stereocenters. The second kappa shape index (κ2) is 6.78. The Labute approximate surface area is 127 Å². The Balaban J connectivity index is 1.42. The van der Waals surface area contributed by atoms with E-state index in [1.165, 1.54) is 31.2 Å². The van der Waals surface area contributed by atoms with Crippen LogP contribution in [0, 0.1) is 0 Å². The van der Waals surface area contributed by atoms with Gasteiger partial charge in [-0.3, -0.25) is 0 Å². The lowest BCUT2D eigenvalue weighted by Gasteiger charge is -2.12. The van der Waals surface area contributed by atoms with Crippen LogP contribution in [-0.4, -0.2) is 26.0 Å². The van der Waals surface area contributed by atoms with Crippen molar-refractivity contribution in [2.45, 2.75) is 38.3 Å². The first kappa shape index (κ1) is 14.2. The number of halogens is 1. The van der Waals surface area contributed by atoms with E-state index in [2.05, 4.69) is 21.2 Å². The van der Waals surface area contributed by atoms with Crippen LogP contribution in [0.3, 0.4) is 0 Å². The average Bonchev–Trinajstić information content (AvgIpc) is 3.09. The highest BCUT2D eigenvalue weighted by atomic mass is 79.9. The minimum atomic E-state index is 0.313. The molecule has 0 atom stereocenters. The number of fused-ring (bicyclic) bond motifs is 1. The first-order valence-electron chi connectivity index (χ1n) is 7.23. The summed E-state index contributed by atoms with van der Waals surface area (Å²) in [6.07, 6.45) is 5.60. The van der Waals surface area contributed by atoms with Gasteiger partial charge in [-0.1, -0.05) is 28.8 Å². The van der Waals surface area contributed by atoms with Gasteiger partial charge in [0, 0.05) is 17.6 Å². The summed E-state index contributed by atoms with van der Waals surface area (Å²) in [7, 11) is 0. The molecule has 1 aromatic carbocycles. The van der Waals surface area contributed by atoms with Crippen molar-refractivity contribution in [3.05, 3.63) is 22.2 Å². The zero-order chi connectivity index (χ0) is 13.8. The molecule has 3 rings (SSSR count). The molecule has 1 heterocycles. The standard InChI is InChI=1S/C15H20BrNO3/c16-13-8-15-14(19-10-20-15)7-11(13)9-17-5-6-18-12-3-1-2-4-12/h7-8,12,17H,1-6,9-10H2. The van der Waals surface area contributed by atoms with E-state index >= 15 is 0 Å². The maximum atomic E-state index is 5.83. The highest BCUT2D eigenvalue weighted by Crippen LogP contribution is 2.36. The van der Waals surface area contributed by atoms with Crippen molar-refractivity contribution >= 4 is 15.9 Å². The second-order valence-electron chi connectivity index (χ2n) is 5.25. The summed E-state index contributed by atoms with van der Waals surface area (Å²) in [5.41, 5.74) is 1.18. The van der Waals surface area contributed by atoms with Gasteiger partial charge in [-0.25, -0.2) is 0 Å². The van der Waals surface area contributed by atoms with Crippen LogP contribution in [-0.2, 0) is 11.3 Å². The third-order valence-electron chi connectivity index (χ3n) is 3.79. The van der Waals surface area contributed by atoms with Crippen LogP contribution in [0.15, 0.2) is 16.6 Å². The largest absolute Gasteiger partial charge is 0.454 e. The van der Waals surface area contributed by atoms with Crippen LogP contribution in [0.2, 0.25) is 0 Å². The summed E-state index contributed by atoms with van der Waals surface area (Å²) in [6, 6.07) is 3.99. The Morgan fingerprint density at radius 3 is 2.75 bits per heavy atom. The van der Waals surface area contributed by atoms with Gasteiger partial charge in [-0.15, -0.1) is 0 Å². The van der Waals surface area contributed by atoms with Crippen LogP contribution >= 0.6 is 15.9 Å². The zero-order valence-electron chi connectivity index (χ0n) is 11.5. The predicted octanol–water partition coefficient (Wildman–Crippen LogP) is 3.23. The fourth-order valence-electron chi connectivity index (χ4n) is 2.67. The van der Waals surface area contributed by atoms with Crippen LogP contribution in [0.1, 0.15) is 31.2 Å². The van der Waals surface area contributed by atoms with Crippen molar-refractivity contribution in [3.8, 4) is 11.5 Å². The molecule has 0 aromatic heterocycles. The number of ether oxygens (including phenoxy) is 3. The summed E-state index contributed by atoms with van der Waals surface area (Å²) in [5.74, 6) is 1.64. The van der Waals surface area contributed by atoms with Gasteiger partial charge in [-0.05, 0) is 30.5 Å². The number of nitrogens with one attached hydrogen (secondary N) is 1. The molecule has 0 spiro atoms. The first-order chi connectivity index (χ1) is 9.83. The van der Waals surface area contributed by atoms with Crippen molar-refractivity contribution in [1.82, 2.24) is 5.32 Å². The lowest BCUT2D eigenvalue weighted by atomic mass is 10.2. The molecular formula is C15H20BrNO3. The molecule has 1 saturated carbocycles. The molecule has 0 saturated heterocycles. The SMILES string of the molecule is Brc1cc2c(cc1CNCCOC1CCCC1)OCO2. The summed E-state index contributed by atoms with van der Waals surface area (Å²) in [6.45, 7) is 2.77. The number of hydrogen-bond donors (Lipinski definition) is 1. The van der Waals surface area contributed by atoms with E-state index in [-0.39, 0.29) is 0 Å². The van der Waals surface area contributed by atoms with Crippen LogP contribution in [0.25, 0.3) is 0 Å². The van der Waals surface area contributed by atoms with Crippen molar-refractivity contribution in [3.63, 3.8) is 0 Å². The monoisotopic (exact) mass is 341 g/mol. The lowest BCUT2D eigenvalue weighted by Crippen LogP contribution is -2.22. The molecule has 0 amide bonds. The van der Waals surface area contributed by atoms with Gasteiger partial charge in [0.25, 0.3) is 0 Å². The van der Waals surface area contributed by atoms with E-state index in [4.69, 9.17) is 14.2 Å². The average molecular weight is 342 g/mol. The Bertz CT molecular complexity index is 461. The van der Waals surface area contributed by atoms with Crippen LogP contribution in [0.4, 0.5) is 0 Å². The summed E-state index contributed by atoms with van der Waals surface area (Å²) < 4.78 is 17.6. The van der Waals surface area contributed by atoms with Crippen LogP contribution in [0.5, 0.6) is 11.5 Å². The molecule has 1 fully saturated rings. The number of rotatable bonds is 6. The van der Waals surface area contributed by atoms with Crippen molar-refractivity contribution in [2.24, 2.45) is 0 Å². The molecule has 1 N–H and O–H groups in total. The van der Waals surface area contributed by atoms with Gasteiger partial charge >= 0.3 is 0 Å². The van der Waals surface area contributed by atoms with Gasteiger partial charge in [0.1, 0.15) is 0 Å². The zero-order valence-corrected chi connectivity index (χ0v) is 13.1. The van der Waals surface area contributed by atoms with Gasteiger partial charge in [0.05, 0.1) is 12.7 Å². The molecule has 1 aliphatic heterocycles. The molecule has 5 heteroatoms. The summed E-state index contributed by atoms with van der Waals surface area (Å²) in [5, 5.41) is 3.41. The minimum absolute atomic E-state index is 0.313. The second-order valence-corrected chi connectivity index (χ2v) is 6.11. The maximum absolute atomic E-state index is 5.83. The van der Waals surface area contributed by atoms with Crippen molar-refractivity contribution < 1.29 is 14.2 Å². The highest BCUT2D eigenvalue weighted by molar-refractivity contribution is 9.10. The van der Waals surface area contributed by atoms with E-state index in [9.17, 15) is 0 Å². The van der Waals surface area contributed by atoms with Gasteiger partial charge in [-0.2, -0.15) is 0 Å². The summed E-state index contributed by atoms with van der Waals surface area (Å²) >= 11 is 3.57.